The molecule has 5 aliphatic rings. The van der Waals surface area contributed by atoms with Crippen LogP contribution in [0.4, 0.5) is 0 Å². The highest BCUT2D eigenvalue weighted by atomic mass is 16.5. The number of ketones is 1. The Morgan fingerprint density at radius 3 is 2.38 bits per heavy atom. The summed E-state index contributed by atoms with van der Waals surface area (Å²) in [4.78, 5) is 28.0. The van der Waals surface area contributed by atoms with Gasteiger partial charge >= 0.3 is 5.97 Å². The quantitative estimate of drug-likeness (QED) is 0.384. The van der Waals surface area contributed by atoms with Gasteiger partial charge in [0.05, 0.1) is 18.7 Å². The highest BCUT2D eigenvalue weighted by molar-refractivity contribution is 5.86. The van der Waals surface area contributed by atoms with Gasteiger partial charge in [0.1, 0.15) is 11.5 Å². The number of Topliss-reactive ketones (excluding diaryl/α,β-unsaturated/α-hetero) is 1. The molecule has 0 N–H and O–H groups in total. The van der Waals surface area contributed by atoms with Gasteiger partial charge in [0.15, 0.2) is 0 Å². The maximum Gasteiger partial charge on any atom is 0.312 e. The van der Waals surface area contributed by atoms with Crippen LogP contribution < -0.4 is 0 Å². The minimum Gasteiger partial charge on any atom is -0.469 e. The number of hydrogen-bond donors (Lipinski definition) is 0. The number of carbonyl (C=O) groups excluding carboxylic acids is 2. The molecule has 0 aromatic carbocycles. The third kappa shape index (κ3) is 3.01. The third-order valence-electron chi connectivity index (χ3n) is 13.5. The fraction of sp³-hybridized carbons (Fsp3) is 0.844. The Kier molecular flexibility index (Phi) is 5.20. The average Bonchev–Trinajstić information content (AvgIpc) is 3.28. The van der Waals surface area contributed by atoms with Gasteiger partial charge in [-0.25, -0.2) is 0 Å². The largest absolute Gasteiger partial charge is 0.469 e. The van der Waals surface area contributed by atoms with Gasteiger partial charge in [-0.05, 0) is 90.8 Å². The minimum atomic E-state index is -0.501. The molecule has 1 heterocycles. The monoisotopic (exact) mass is 509 g/mol. The number of ether oxygens (including phenoxy) is 1. The summed E-state index contributed by atoms with van der Waals surface area (Å²) in [6, 6.07) is 0. The van der Waals surface area contributed by atoms with E-state index >= 15 is 0 Å². The fourth-order valence-corrected chi connectivity index (χ4v) is 11.6. The van der Waals surface area contributed by atoms with E-state index in [1.54, 1.807) is 0 Å². The molecule has 6 rings (SSSR count). The van der Waals surface area contributed by atoms with E-state index in [9.17, 15) is 9.59 Å². The molecule has 5 aliphatic carbocycles. The van der Waals surface area contributed by atoms with E-state index in [-0.39, 0.29) is 44.9 Å². The van der Waals surface area contributed by atoms with Crippen LogP contribution in [0.15, 0.2) is 10.7 Å². The molecule has 37 heavy (non-hydrogen) atoms. The zero-order valence-electron chi connectivity index (χ0n) is 24.3. The van der Waals surface area contributed by atoms with Crippen LogP contribution in [0.3, 0.4) is 0 Å². The van der Waals surface area contributed by atoms with Crippen LogP contribution in [0.1, 0.15) is 111 Å². The molecule has 5 nitrogen and oxygen atoms in total. The lowest BCUT2D eigenvalue weighted by Gasteiger charge is -2.72. The summed E-state index contributed by atoms with van der Waals surface area (Å²) in [6.45, 7) is 16.7. The molecule has 0 radical (unpaired) electrons. The van der Waals surface area contributed by atoms with Gasteiger partial charge in [-0.15, -0.1) is 0 Å². The van der Waals surface area contributed by atoms with Crippen molar-refractivity contribution in [2.24, 2.45) is 50.7 Å². The lowest BCUT2D eigenvalue weighted by molar-refractivity contribution is -0.231. The molecule has 0 aliphatic heterocycles. The number of nitrogens with zero attached hydrogens (tertiary/aromatic N) is 1. The molecule has 0 amide bonds. The first-order valence-corrected chi connectivity index (χ1v) is 14.7. The van der Waals surface area contributed by atoms with Gasteiger partial charge in [-0.1, -0.05) is 53.6 Å². The van der Waals surface area contributed by atoms with E-state index in [1.807, 2.05) is 6.20 Å². The standard InChI is InChI=1S/C32H47NO4/c1-27(2)11-13-32(26(35)36-8)14-12-31(7)24(20(32)17-27)21(34)15-23-29(5)16-19-18-33-37-25(19)28(3,4)22(29)9-10-30(23,31)6/h18,20,22-24H,9-17H2,1-8H3/t20-,22+,23-,24+,29+,30-,31-,32+/m1/s1. The summed E-state index contributed by atoms with van der Waals surface area (Å²) in [6.07, 6.45) is 10.4. The number of methoxy groups -OCH3 is 1. The van der Waals surface area contributed by atoms with Crippen molar-refractivity contribution in [3.8, 4) is 0 Å². The Labute approximate surface area is 222 Å². The van der Waals surface area contributed by atoms with Gasteiger partial charge in [0, 0.05) is 23.3 Å². The molecule has 8 atom stereocenters. The predicted molar refractivity (Wildman–Crippen MR) is 142 cm³/mol. The van der Waals surface area contributed by atoms with Gasteiger partial charge in [-0.3, -0.25) is 9.59 Å². The first kappa shape index (κ1) is 25.6. The first-order valence-electron chi connectivity index (χ1n) is 14.7. The second kappa shape index (κ2) is 7.50. The summed E-state index contributed by atoms with van der Waals surface area (Å²) < 4.78 is 11.3. The van der Waals surface area contributed by atoms with Crippen molar-refractivity contribution in [1.29, 1.82) is 0 Å². The molecule has 4 fully saturated rings. The molecular formula is C32H47NO4. The Balaban J connectivity index is 1.46. The number of fused-ring (bicyclic) bond motifs is 8. The SMILES string of the molecule is COC(=O)[C@]12CCC(C)(C)C[C@@H]1[C@H]1C(=O)C[C@@H]3[C@@]4(C)Cc5cnoc5C(C)(C)[C@@H]4CC[C@@]3(C)[C@]1(C)CC2. The summed E-state index contributed by atoms with van der Waals surface area (Å²) in [7, 11) is 1.54. The number of carbonyl (C=O) groups is 2. The molecule has 0 unspecified atom stereocenters. The molecule has 0 bridgehead atoms. The van der Waals surface area contributed by atoms with Crippen molar-refractivity contribution >= 4 is 11.8 Å². The zero-order chi connectivity index (χ0) is 26.8. The van der Waals surface area contributed by atoms with Gasteiger partial charge < -0.3 is 9.26 Å². The van der Waals surface area contributed by atoms with Crippen LogP contribution in [0.25, 0.3) is 0 Å². The number of aromatic nitrogens is 1. The van der Waals surface area contributed by atoms with Crippen molar-refractivity contribution in [3.05, 3.63) is 17.5 Å². The first-order chi connectivity index (χ1) is 17.2. The number of hydrogen-bond acceptors (Lipinski definition) is 5. The minimum absolute atomic E-state index is 0.0153. The Hall–Kier alpha value is -1.65. The highest BCUT2D eigenvalue weighted by Crippen LogP contribution is 2.76. The lowest BCUT2D eigenvalue weighted by atomic mass is 9.31. The van der Waals surface area contributed by atoms with Crippen molar-refractivity contribution in [1.82, 2.24) is 5.16 Å². The number of esters is 1. The van der Waals surface area contributed by atoms with Crippen LogP contribution in [-0.4, -0.2) is 24.0 Å². The predicted octanol–water partition coefficient (Wildman–Crippen LogP) is 6.92. The van der Waals surface area contributed by atoms with Gasteiger partial charge in [0.2, 0.25) is 0 Å². The topological polar surface area (TPSA) is 69.4 Å². The fourth-order valence-electron chi connectivity index (χ4n) is 11.6. The van der Waals surface area contributed by atoms with Crippen molar-refractivity contribution in [2.75, 3.05) is 7.11 Å². The summed E-state index contributed by atoms with van der Waals surface area (Å²) in [5.41, 5.74) is 0.720. The van der Waals surface area contributed by atoms with Crippen LogP contribution in [0.5, 0.6) is 0 Å². The van der Waals surface area contributed by atoms with E-state index < -0.39 is 5.41 Å². The van der Waals surface area contributed by atoms with E-state index in [1.165, 1.54) is 12.7 Å². The Morgan fingerprint density at radius 2 is 1.68 bits per heavy atom. The van der Waals surface area contributed by atoms with E-state index in [2.05, 4.69) is 53.6 Å². The smallest absolute Gasteiger partial charge is 0.312 e. The van der Waals surface area contributed by atoms with E-state index in [4.69, 9.17) is 9.26 Å². The molecule has 204 valence electrons. The van der Waals surface area contributed by atoms with Crippen molar-refractivity contribution in [3.63, 3.8) is 0 Å². The van der Waals surface area contributed by atoms with Gasteiger partial charge in [-0.2, -0.15) is 0 Å². The molecule has 5 heteroatoms. The van der Waals surface area contributed by atoms with Crippen LogP contribution in [0.2, 0.25) is 0 Å². The molecular weight excluding hydrogens is 462 g/mol. The van der Waals surface area contributed by atoms with Crippen LogP contribution in [-0.2, 0) is 26.2 Å². The second-order valence-corrected chi connectivity index (χ2v) is 15.8. The lowest BCUT2D eigenvalue weighted by Crippen LogP contribution is -2.69. The molecule has 1 aromatic rings. The van der Waals surface area contributed by atoms with Crippen LogP contribution in [0, 0.1) is 50.7 Å². The maximum atomic E-state index is 14.5. The van der Waals surface area contributed by atoms with Crippen molar-refractivity contribution < 1.29 is 18.8 Å². The third-order valence-corrected chi connectivity index (χ3v) is 13.5. The highest BCUT2D eigenvalue weighted by Gasteiger charge is 2.73. The Morgan fingerprint density at radius 1 is 0.973 bits per heavy atom. The molecule has 0 spiro atoms. The summed E-state index contributed by atoms with van der Waals surface area (Å²) in [5, 5.41) is 4.21. The van der Waals surface area contributed by atoms with Gasteiger partial charge in [0.25, 0.3) is 0 Å². The normalized spacial score (nSPS) is 47.5. The van der Waals surface area contributed by atoms with Crippen molar-refractivity contribution in [2.45, 2.75) is 112 Å². The number of rotatable bonds is 1. The maximum absolute atomic E-state index is 14.5. The zero-order valence-corrected chi connectivity index (χ0v) is 24.3. The summed E-state index contributed by atoms with van der Waals surface area (Å²) in [5.74, 6) is 2.18. The average molecular weight is 510 g/mol. The summed E-state index contributed by atoms with van der Waals surface area (Å²) >= 11 is 0. The van der Waals surface area contributed by atoms with E-state index in [0.29, 0.717) is 24.0 Å². The van der Waals surface area contributed by atoms with Crippen LogP contribution >= 0.6 is 0 Å². The van der Waals surface area contributed by atoms with E-state index in [0.717, 1.165) is 57.1 Å². The Bertz CT molecular complexity index is 1150. The molecule has 0 saturated heterocycles. The molecule has 1 aromatic heterocycles. The molecule has 4 saturated carbocycles. The second-order valence-electron chi connectivity index (χ2n) is 15.8.